The van der Waals surface area contributed by atoms with Gasteiger partial charge in [0.25, 0.3) is 5.91 Å². The van der Waals surface area contributed by atoms with Crippen molar-refractivity contribution in [2.75, 3.05) is 0 Å². The lowest BCUT2D eigenvalue weighted by Gasteiger charge is -2.07. The number of carbonyl (C=O) groups excluding carboxylic acids is 1. The van der Waals surface area contributed by atoms with Crippen molar-refractivity contribution in [3.05, 3.63) is 65.9 Å². The molecule has 3 rings (SSSR count). The Kier molecular flexibility index (Phi) is 3.13. The highest BCUT2D eigenvalue weighted by molar-refractivity contribution is 5.98. The van der Waals surface area contributed by atoms with Crippen LogP contribution in [0.15, 0.2) is 54.7 Å². The molecule has 3 N–H and O–H groups in total. The van der Waals surface area contributed by atoms with Crippen molar-refractivity contribution in [1.82, 2.24) is 10.3 Å². The molecule has 0 aliphatic rings. The van der Waals surface area contributed by atoms with Gasteiger partial charge in [0.1, 0.15) is 5.75 Å². The Balaban J connectivity index is 1.74. The highest BCUT2D eigenvalue weighted by Gasteiger charge is 2.07. The van der Waals surface area contributed by atoms with Gasteiger partial charge in [-0.3, -0.25) is 4.79 Å². The first-order valence-electron chi connectivity index (χ1n) is 6.36. The summed E-state index contributed by atoms with van der Waals surface area (Å²) in [6.45, 7) is 0.302. The van der Waals surface area contributed by atoms with Crippen LogP contribution in [0, 0.1) is 0 Å². The zero-order valence-corrected chi connectivity index (χ0v) is 10.8. The number of phenols is 1. The number of rotatable bonds is 3. The summed E-state index contributed by atoms with van der Waals surface area (Å²) in [5, 5.41) is 13.5. The van der Waals surface area contributed by atoms with E-state index in [1.807, 2.05) is 30.5 Å². The first-order chi connectivity index (χ1) is 9.74. The lowest BCUT2D eigenvalue weighted by Crippen LogP contribution is -2.22. The van der Waals surface area contributed by atoms with Gasteiger partial charge in [0.2, 0.25) is 0 Å². The minimum Gasteiger partial charge on any atom is -0.508 e. The van der Waals surface area contributed by atoms with Crippen LogP contribution < -0.4 is 5.32 Å². The van der Waals surface area contributed by atoms with E-state index in [9.17, 15) is 9.90 Å². The molecule has 1 heterocycles. The van der Waals surface area contributed by atoms with Gasteiger partial charge in [-0.15, -0.1) is 0 Å². The molecule has 100 valence electrons. The molecule has 0 unspecified atom stereocenters. The molecule has 0 fully saturated rings. The summed E-state index contributed by atoms with van der Waals surface area (Å²) >= 11 is 0. The van der Waals surface area contributed by atoms with Crippen LogP contribution in [0.2, 0.25) is 0 Å². The number of amides is 1. The van der Waals surface area contributed by atoms with Crippen molar-refractivity contribution in [3.63, 3.8) is 0 Å². The topological polar surface area (TPSA) is 65.1 Å². The van der Waals surface area contributed by atoms with E-state index in [1.165, 1.54) is 0 Å². The summed E-state index contributed by atoms with van der Waals surface area (Å²) in [5.74, 6) is 0.0326. The number of phenolic OH excluding ortho intramolecular Hbond substituents is 1. The van der Waals surface area contributed by atoms with Crippen molar-refractivity contribution < 1.29 is 9.90 Å². The molecule has 0 aliphatic heterocycles. The number of H-pyrrole nitrogens is 1. The molecule has 1 aromatic heterocycles. The maximum Gasteiger partial charge on any atom is 0.251 e. The van der Waals surface area contributed by atoms with Gasteiger partial charge in [0, 0.05) is 34.8 Å². The second kappa shape index (κ2) is 5.09. The van der Waals surface area contributed by atoms with Gasteiger partial charge in [-0.2, -0.15) is 0 Å². The zero-order valence-electron chi connectivity index (χ0n) is 10.8. The lowest BCUT2D eigenvalue weighted by molar-refractivity contribution is 0.0951. The Morgan fingerprint density at radius 3 is 2.85 bits per heavy atom. The zero-order chi connectivity index (χ0) is 13.9. The molecule has 0 saturated heterocycles. The van der Waals surface area contributed by atoms with Crippen molar-refractivity contribution in [2.45, 2.75) is 6.54 Å². The van der Waals surface area contributed by atoms with Gasteiger partial charge in [-0.25, -0.2) is 0 Å². The third-order valence-electron chi connectivity index (χ3n) is 3.25. The van der Waals surface area contributed by atoms with Crippen LogP contribution in [-0.2, 0) is 6.54 Å². The summed E-state index contributed by atoms with van der Waals surface area (Å²) in [6, 6.07) is 14.4. The monoisotopic (exact) mass is 266 g/mol. The predicted molar refractivity (Wildman–Crippen MR) is 77.6 cm³/mol. The SMILES string of the molecule is O=C(NCc1ccccc1O)c1ccc2[nH]ccc2c1. The number of benzene rings is 2. The van der Waals surface area contributed by atoms with Crippen molar-refractivity contribution in [3.8, 4) is 5.75 Å². The summed E-state index contributed by atoms with van der Waals surface area (Å²) in [4.78, 5) is 15.2. The molecule has 0 atom stereocenters. The van der Waals surface area contributed by atoms with E-state index in [2.05, 4.69) is 10.3 Å². The number of aromatic hydroxyl groups is 1. The fourth-order valence-electron chi connectivity index (χ4n) is 2.13. The van der Waals surface area contributed by atoms with Gasteiger partial charge in [0.15, 0.2) is 0 Å². The number of hydrogen-bond donors (Lipinski definition) is 3. The lowest BCUT2D eigenvalue weighted by atomic mass is 10.1. The molecule has 3 aromatic rings. The Morgan fingerprint density at radius 2 is 2.00 bits per heavy atom. The van der Waals surface area contributed by atoms with E-state index < -0.39 is 0 Å². The number of aromatic nitrogens is 1. The van der Waals surface area contributed by atoms with Gasteiger partial charge >= 0.3 is 0 Å². The largest absolute Gasteiger partial charge is 0.508 e. The molecule has 0 saturated carbocycles. The summed E-state index contributed by atoms with van der Waals surface area (Å²) in [5.41, 5.74) is 2.30. The van der Waals surface area contributed by atoms with Crippen LogP contribution in [0.25, 0.3) is 10.9 Å². The van der Waals surface area contributed by atoms with Crippen LogP contribution in [0.1, 0.15) is 15.9 Å². The van der Waals surface area contributed by atoms with Crippen molar-refractivity contribution in [2.24, 2.45) is 0 Å². The average molecular weight is 266 g/mol. The normalized spacial score (nSPS) is 10.6. The van der Waals surface area contributed by atoms with Crippen molar-refractivity contribution in [1.29, 1.82) is 0 Å². The average Bonchev–Trinajstić information content (AvgIpc) is 2.93. The fraction of sp³-hybridized carbons (Fsp3) is 0.0625. The number of fused-ring (bicyclic) bond motifs is 1. The van der Waals surface area contributed by atoms with E-state index in [1.54, 1.807) is 24.3 Å². The molecular formula is C16H14N2O2. The Bertz CT molecular complexity index is 762. The number of carbonyl (C=O) groups is 1. The van der Waals surface area contributed by atoms with E-state index in [0.717, 1.165) is 10.9 Å². The van der Waals surface area contributed by atoms with Gasteiger partial charge < -0.3 is 15.4 Å². The van der Waals surface area contributed by atoms with Crippen molar-refractivity contribution >= 4 is 16.8 Å². The second-order valence-corrected chi connectivity index (χ2v) is 4.59. The van der Waals surface area contributed by atoms with Gasteiger partial charge in [-0.05, 0) is 30.3 Å². The van der Waals surface area contributed by atoms with Crippen LogP contribution in [0.4, 0.5) is 0 Å². The molecule has 0 aliphatic carbocycles. The fourth-order valence-corrected chi connectivity index (χ4v) is 2.13. The first-order valence-corrected chi connectivity index (χ1v) is 6.36. The minimum atomic E-state index is -0.156. The molecule has 20 heavy (non-hydrogen) atoms. The number of hydrogen-bond acceptors (Lipinski definition) is 2. The third-order valence-corrected chi connectivity index (χ3v) is 3.25. The third kappa shape index (κ3) is 2.36. The van der Waals surface area contributed by atoms with Crippen LogP contribution in [0.5, 0.6) is 5.75 Å². The van der Waals surface area contributed by atoms with Crippen LogP contribution in [-0.4, -0.2) is 16.0 Å². The quantitative estimate of drug-likeness (QED) is 0.682. The molecule has 0 spiro atoms. The van der Waals surface area contributed by atoms with Gasteiger partial charge in [0.05, 0.1) is 0 Å². The first kappa shape index (κ1) is 12.3. The number of nitrogens with one attached hydrogen (secondary N) is 2. The Hall–Kier alpha value is -2.75. The molecule has 4 heteroatoms. The maximum absolute atomic E-state index is 12.1. The Labute approximate surface area is 116 Å². The van der Waals surface area contributed by atoms with Crippen LogP contribution >= 0.6 is 0 Å². The molecule has 4 nitrogen and oxygen atoms in total. The maximum atomic E-state index is 12.1. The highest BCUT2D eigenvalue weighted by Crippen LogP contribution is 2.16. The smallest absolute Gasteiger partial charge is 0.251 e. The summed E-state index contributed by atoms with van der Waals surface area (Å²) < 4.78 is 0. The molecule has 2 aromatic carbocycles. The second-order valence-electron chi connectivity index (χ2n) is 4.59. The molecule has 0 bridgehead atoms. The number of para-hydroxylation sites is 1. The standard InChI is InChI=1S/C16H14N2O2/c19-15-4-2-1-3-13(15)10-18-16(20)12-5-6-14-11(9-12)7-8-17-14/h1-9,17,19H,10H2,(H,18,20). The summed E-state index contributed by atoms with van der Waals surface area (Å²) in [7, 11) is 0. The van der Waals surface area contributed by atoms with E-state index in [4.69, 9.17) is 0 Å². The number of aromatic amines is 1. The molecule has 0 radical (unpaired) electrons. The van der Waals surface area contributed by atoms with Gasteiger partial charge in [-0.1, -0.05) is 18.2 Å². The minimum absolute atomic E-state index is 0.156. The molecule has 1 amide bonds. The van der Waals surface area contributed by atoms with E-state index in [-0.39, 0.29) is 11.7 Å². The summed E-state index contributed by atoms with van der Waals surface area (Å²) in [6.07, 6.45) is 1.84. The Morgan fingerprint density at radius 1 is 1.15 bits per heavy atom. The predicted octanol–water partition coefficient (Wildman–Crippen LogP) is 2.80. The van der Waals surface area contributed by atoms with Crippen LogP contribution in [0.3, 0.4) is 0 Å². The molecular weight excluding hydrogens is 252 g/mol. The van der Waals surface area contributed by atoms with E-state index in [0.29, 0.717) is 17.7 Å². The highest BCUT2D eigenvalue weighted by atomic mass is 16.3. The van der Waals surface area contributed by atoms with E-state index >= 15 is 0 Å².